The Bertz CT molecular complexity index is 774. The van der Waals surface area contributed by atoms with Crippen LogP contribution in [-0.2, 0) is 9.59 Å². The maximum Gasteiger partial charge on any atom is 0.254 e. The quantitative estimate of drug-likeness (QED) is 0.738. The van der Waals surface area contributed by atoms with E-state index < -0.39 is 0 Å². The van der Waals surface area contributed by atoms with Gasteiger partial charge in [-0.1, -0.05) is 6.92 Å². The summed E-state index contributed by atoms with van der Waals surface area (Å²) in [6.45, 7) is 4.36. The van der Waals surface area contributed by atoms with E-state index in [9.17, 15) is 14.4 Å². The van der Waals surface area contributed by atoms with Gasteiger partial charge >= 0.3 is 0 Å². The average molecular weight is 403 g/mol. The van der Waals surface area contributed by atoms with Crippen LogP contribution in [0.5, 0.6) is 11.5 Å². The van der Waals surface area contributed by atoms with E-state index in [4.69, 9.17) is 9.47 Å². The predicted octanol–water partition coefficient (Wildman–Crippen LogP) is 1.15. The van der Waals surface area contributed by atoms with Crippen LogP contribution >= 0.6 is 0 Å². The number of ether oxygens (including phenoxy) is 2. The van der Waals surface area contributed by atoms with E-state index in [1.54, 1.807) is 35.1 Å². The lowest BCUT2D eigenvalue weighted by molar-refractivity contribution is -0.132. The first-order valence-electron chi connectivity index (χ1n) is 10.0. The smallest absolute Gasteiger partial charge is 0.254 e. The highest BCUT2D eigenvalue weighted by atomic mass is 16.5. The van der Waals surface area contributed by atoms with Crippen LogP contribution in [0.1, 0.15) is 30.1 Å². The van der Waals surface area contributed by atoms with Crippen molar-refractivity contribution in [3.05, 3.63) is 23.8 Å². The molecule has 0 bridgehead atoms. The summed E-state index contributed by atoms with van der Waals surface area (Å²) in [4.78, 5) is 40.4. The van der Waals surface area contributed by atoms with Gasteiger partial charge in [0, 0.05) is 50.6 Å². The van der Waals surface area contributed by atoms with Gasteiger partial charge in [-0.25, -0.2) is 0 Å². The fourth-order valence-corrected chi connectivity index (χ4v) is 3.58. The number of nitrogens with zero attached hydrogens (tertiary/aromatic N) is 2. The summed E-state index contributed by atoms with van der Waals surface area (Å²) in [6.07, 6.45) is 1.23. The predicted molar refractivity (Wildman–Crippen MR) is 107 cm³/mol. The van der Waals surface area contributed by atoms with Crippen molar-refractivity contribution in [2.24, 2.45) is 11.8 Å². The summed E-state index contributed by atoms with van der Waals surface area (Å²) >= 11 is 0. The summed E-state index contributed by atoms with van der Waals surface area (Å²) in [5.41, 5.74) is 0.527. The molecule has 0 radical (unpaired) electrons. The summed E-state index contributed by atoms with van der Waals surface area (Å²) in [6, 6.07) is 5.09. The normalized spacial score (nSPS) is 20.8. The van der Waals surface area contributed by atoms with Gasteiger partial charge in [0.1, 0.15) is 0 Å². The number of hydrogen-bond acceptors (Lipinski definition) is 5. The van der Waals surface area contributed by atoms with E-state index in [0.717, 1.165) is 6.42 Å². The Balaban J connectivity index is 1.45. The molecular formula is C21H29N3O5. The first-order valence-corrected chi connectivity index (χ1v) is 10.0. The van der Waals surface area contributed by atoms with Gasteiger partial charge in [0.05, 0.1) is 14.2 Å². The van der Waals surface area contributed by atoms with Gasteiger partial charge in [-0.05, 0) is 30.5 Å². The van der Waals surface area contributed by atoms with Crippen molar-refractivity contribution in [2.45, 2.75) is 19.8 Å². The number of hydrogen-bond donors (Lipinski definition) is 1. The number of nitrogens with one attached hydrogen (secondary N) is 1. The zero-order valence-corrected chi connectivity index (χ0v) is 17.3. The number of amides is 3. The summed E-state index contributed by atoms with van der Waals surface area (Å²) in [5, 5.41) is 2.84. The molecule has 2 fully saturated rings. The number of carbonyl (C=O) groups excluding carboxylic acids is 3. The minimum Gasteiger partial charge on any atom is -0.493 e. The molecule has 2 unspecified atom stereocenters. The molecule has 1 aliphatic heterocycles. The fraction of sp³-hybridized carbons (Fsp3) is 0.571. The highest BCUT2D eigenvalue weighted by Gasteiger charge is 2.38. The molecule has 0 aromatic heterocycles. The molecule has 8 nitrogen and oxygen atoms in total. The number of rotatable bonds is 7. The van der Waals surface area contributed by atoms with Gasteiger partial charge < -0.3 is 24.6 Å². The standard InChI is InChI=1S/C21H29N3O5/c1-14-12-16(14)20(26)22-7-6-19(25)23-8-10-24(11-9-23)21(27)15-4-5-17(28-2)18(13-15)29-3/h4-5,13-14,16H,6-12H2,1-3H3,(H,22,26). The van der Waals surface area contributed by atoms with Gasteiger partial charge in [0.2, 0.25) is 11.8 Å². The van der Waals surface area contributed by atoms with Crippen LogP contribution in [-0.4, -0.2) is 74.5 Å². The molecule has 1 aromatic rings. The zero-order valence-electron chi connectivity index (χ0n) is 17.3. The fourth-order valence-electron chi connectivity index (χ4n) is 3.58. The lowest BCUT2D eigenvalue weighted by Crippen LogP contribution is -2.51. The molecule has 0 spiro atoms. The van der Waals surface area contributed by atoms with E-state index in [0.29, 0.717) is 55.7 Å². The molecule has 3 rings (SSSR count). The van der Waals surface area contributed by atoms with Crippen LogP contribution < -0.4 is 14.8 Å². The van der Waals surface area contributed by atoms with Crippen molar-refractivity contribution in [1.82, 2.24) is 15.1 Å². The molecule has 158 valence electrons. The molecule has 1 aliphatic carbocycles. The van der Waals surface area contributed by atoms with Crippen LogP contribution in [0.15, 0.2) is 18.2 Å². The second kappa shape index (κ2) is 9.15. The number of piperazine rings is 1. The van der Waals surface area contributed by atoms with Crippen LogP contribution in [0.2, 0.25) is 0 Å². The van der Waals surface area contributed by atoms with Gasteiger partial charge in [0.15, 0.2) is 11.5 Å². The van der Waals surface area contributed by atoms with Gasteiger partial charge in [-0.3, -0.25) is 14.4 Å². The van der Waals surface area contributed by atoms with Gasteiger partial charge in [0.25, 0.3) is 5.91 Å². The SMILES string of the molecule is COc1ccc(C(=O)N2CCN(C(=O)CCNC(=O)C3CC3C)CC2)cc1OC. The minimum absolute atomic E-state index is 0.00682. The van der Waals surface area contributed by atoms with E-state index in [2.05, 4.69) is 12.2 Å². The van der Waals surface area contributed by atoms with Crippen LogP contribution in [0.3, 0.4) is 0 Å². The van der Waals surface area contributed by atoms with E-state index in [1.165, 1.54) is 7.11 Å². The number of carbonyl (C=O) groups is 3. The lowest BCUT2D eigenvalue weighted by Gasteiger charge is -2.35. The van der Waals surface area contributed by atoms with Crippen molar-refractivity contribution < 1.29 is 23.9 Å². The molecule has 8 heteroatoms. The largest absolute Gasteiger partial charge is 0.493 e. The topological polar surface area (TPSA) is 88.2 Å². The molecule has 29 heavy (non-hydrogen) atoms. The summed E-state index contributed by atoms with van der Waals surface area (Å²) in [5.74, 6) is 1.63. The molecular weight excluding hydrogens is 374 g/mol. The van der Waals surface area contributed by atoms with Gasteiger partial charge in [-0.15, -0.1) is 0 Å². The Hall–Kier alpha value is -2.77. The molecule has 2 aliphatic rings. The van der Waals surface area contributed by atoms with E-state index in [1.807, 2.05) is 0 Å². The molecule has 2 atom stereocenters. The second-order valence-electron chi connectivity index (χ2n) is 7.60. The van der Waals surface area contributed by atoms with E-state index >= 15 is 0 Å². The minimum atomic E-state index is -0.0936. The van der Waals surface area contributed by atoms with Crippen LogP contribution in [0, 0.1) is 11.8 Å². The van der Waals surface area contributed by atoms with Crippen molar-refractivity contribution in [1.29, 1.82) is 0 Å². The summed E-state index contributed by atoms with van der Waals surface area (Å²) < 4.78 is 10.5. The van der Waals surface area contributed by atoms with Crippen molar-refractivity contribution in [3.63, 3.8) is 0 Å². The Labute approximate surface area is 171 Å². The maximum atomic E-state index is 12.8. The highest BCUT2D eigenvalue weighted by molar-refractivity contribution is 5.95. The van der Waals surface area contributed by atoms with Crippen molar-refractivity contribution in [3.8, 4) is 11.5 Å². The number of methoxy groups -OCH3 is 2. The average Bonchev–Trinajstić information content (AvgIpc) is 3.49. The maximum absolute atomic E-state index is 12.8. The van der Waals surface area contributed by atoms with Crippen molar-refractivity contribution >= 4 is 17.7 Å². The van der Waals surface area contributed by atoms with Crippen molar-refractivity contribution in [2.75, 3.05) is 46.9 Å². The second-order valence-corrected chi connectivity index (χ2v) is 7.60. The number of benzene rings is 1. The summed E-state index contributed by atoms with van der Waals surface area (Å²) in [7, 11) is 3.08. The zero-order chi connectivity index (χ0) is 21.0. The third-order valence-electron chi connectivity index (χ3n) is 5.63. The Kier molecular flexibility index (Phi) is 6.61. The molecule has 1 heterocycles. The first-order chi connectivity index (χ1) is 13.9. The highest BCUT2D eigenvalue weighted by Crippen LogP contribution is 2.37. The lowest BCUT2D eigenvalue weighted by atomic mass is 10.1. The van der Waals surface area contributed by atoms with Gasteiger partial charge in [-0.2, -0.15) is 0 Å². The van der Waals surface area contributed by atoms with Crippen LogP contribution in [0.4, 0.5) is 0 Å². The van der Waals surface area contributed by atoms with E-state index in [-0.39, 0.29) is 30.1 Å². The van der Waals surface area contributed by atoms with Crippen LogP contribution in [0.25, 0.3) is 0 Å². The Morgan fingerprint density at radius 3 is 2.24 bits per heavy atom. The molecule has 1 aromatic carbocycles. The molecule has 1 saturated carbocycles. The molecule has 3 amide bonds. The Morgan fingerprint density at radius 1 is 1.03 bits per heavy atom. The first kappa shape index (κ1) is 21.0. The monoisotopic (exact) mass is 403 g/mol. The Morgan fingerprint density at radius 2 is 1.66 bits per heavy atom. The third kappa shape index (κ3) is 4.99. The third-order valence-corrected chi connectivity index (χ3v) is 5.63. The molecule has 1 N–H and O–H groups in total. The molecule has 1 saturated heterocycles.